The Morgan fingerprint density at radius 1 is 1.05 bits per heavy atom. The molecule has 0 heterocycles. The fourth-order valence-electron chi connectivity index (χ4n) is 2.07. The number of benzene rings is 1. The highest BCUT2D eigenvalue weighted by molar-refractivity contribution is 5.22. The van der Waals surface area contributed by atoms with E-state index in [1.807, 2.05) is 0 Å². The first-order chi connectivity index (χ1) is 9.10. The van der Waals surface area contributed by atoms with Crippen LogP contribution in [0.3, 0.4) is 0 Å². The summed E-state index contributed by atoms with van der Waals surface area (Å²) in [5.41, 5.74) is 2.87. The average molecular weight is 274 g/mol. The molecule has 0 amide bonds. The standard InChI is InChI=1S/C14H21F3N2/c1-2-3-4-5-6-7-13(19-18)10-8-11(15)14(17)12(16)9-10/h8-9,13,19H,2-7,18H2,1H3. The largest absolute Gasteiger partial charge is 0.271 e. The third kappa shape index (κ3) is 4.84. The Balaban J connectivity index is 2.59. The van der Waals surface area contributed by atoms with Crippen LogP contribution in [0.4, 0.5) is 13.2 Å². The normalized spacial score (nSPS) is 12.7. The summed E-state index contributed by atoms with van der Waals surface area (Å²) >= 11 is 0. The van der Waals surface area contributed by atoms with Crippen molar-refractivity contribution in [1.29, 1.82) is 0 Å². The highest BCUT2D eigenvalue weighted by atomic mass is 19.2. The minimum atomic E-state index is -1.44. The summed E-state index contributed by atoms with van der Waals surface area (Å²) in [6.07, 6.45) is 6.12. The Morgan fingerprint density at radius 3 is 2.16 bits per heavy atom. The molecule has 0 fully saturated rings. The summed E-state index contributed by atoms with van der Waals surface area (Å²) in [5, 5.41) is 0. The first-order valence-electron chi connectivity index (χ1n) is 6.70. The van der Waals surface area contributed by atoms with E-state index >= 15 is 0 Å². The molecule has 1 unspecified atom stereocenters. The van der Waals surface area contributed by atoms with Crippen molar-refractivity contribution in [3.05, 3.63) is 35.1 Å². The van der Waals surface area contributed by atoms with Crippen LogP contribution in [0.25, 0.3) is 0 Å². The molecule has 0 aromatic heterocycles. The third-order valence-electron chi connectivity index (χ3n) is 3.21. The summed E-state index contributed by atoms with van der Waals surface area (Å²) in [6, 6.07) is 1.63. The molecule has 5 heteroatoms. The molecular weight excluding hydrogens is 253 g/mol. The van der Waals surface area contributed by atoms with Crippen molar-refractivity contribution in [3.63, 3.8) is 0 Å². The van der Waals surface area contributed by atoms with Gasteiger partial charge in [-0.15, -0.1) is 0 Å². The number of unbranched alkanes of at least 4 members (excludes halogenated alkanes) is 4. The quantitative estimate of drug-likeness (QED) is 0.326. The number of halogens is 3. The SMILES string of the molecule is CCCCCCCC(NN)c1cc(F)c(F)c(F)c1. The number of nitrogens with one attached hydrogen (secondary N) is 1. The Labute approximate surface area is 112 Å². The van der Waals surface area contributed by atoms with Crippen molar-refractivity contribution < 1.29 is 13.2 Å². The van der Waals surface area contributed by atoms with E-state index in [-0.39, 0.29) is 6.04 Å². The van der Waals surface area contributed by atoms with Crippen molar-refractivity contribution in [2.45, 2.75) is 51.5 Å². The van der Waals surface area contributed by atoms with Crippen molar-refractivity contribution in [2.75, 3.05) is 0 Å². The topological polar surface area (TPSA) is 38.0 Å². The van der Waals surface area contributed by atoms with Crippen LogP contribution in [0, 0.1) is 17.5 Å². The molecule has 0 radical (unpaired) electrons. The molecule has 1 aromatic carbocycles. The van der Waals surface area contributed by atoms with Gasteiger partial charge in [-0.05, 0) is 24.1 Å². The number of nitrogens with two attached hydrogens (primary N) is 1. The van der Waals surface area contributed by atoms with E-state index in [9.17, 15) is 13.2 Å². The molecular formula is C14H21F3N2. The van der Waals surface area contributed by atoms with E-state index in [0.717, 1.165) is 37.8 Å². The molecule has 0 aliphatic heterocycles. The van der Waals surface area contributed by atoms with E-state index in [0.29, 0.717) is 12.0 Å². The lowest BCUT2D eigenvalue weighted by atomic mass is 10.00. The Bertz CT molecular complexity index is 373. The number of hydrogen-bond donors (Lipinski definition) is 2. The minimum Gasteiger partial charge on any atom is -0.271 e. The van der Waals surface area contributed by atoms with Crippen LogP contribution >= 0.6 is 0 Å². The fourth-order valence-corrected chi connectivity index (χ4v) is 2.07. The van der Waals surface area contributed by atoms with Crippen LogP contribution in [-0.4, -0.2) is 0 Å². The summed E-state index contributed by atoms with van der Waals surface area (Å²) in [7, 11) is 0. The van der Waals surface area contributed by atoms with Gasteiger partial charge in [-0.2, -0.15) is 0 Å². The summed E-state index contributed by atoms with van der Waals surface area (Å²) < 4.78 is 39.2. The smallest absolute Gasteiger partial charge is 0.194 e. The monoisotopic (exact) mass is 274 g/mol. The van der Waals surface area contributed by atoms with Crippen LogP contribution in [0.2, 0.25) is 0 Å². The maximum absolute atomic E-state index is 13.1. The summed E-state index contributed by atoms with van der Waals surface area (Å²) in [6.45, 7) is 2.13. The molecule has 0 saturated carbocycles. The zero-order chi connectivity index (χ0) is 14.3. The number of hydrazine groups is 1. The predicted molar refractivity (Wildman–Crippen MR) is 69.8 cm³/mol. The lowest BCUT2D eigenvalue weighted by Crippen LogP contribution is -2.28. The third-order valence-corrected chi connectivity index (χ3v) is 3.21. The van der Waals surface area contributed by atoms with Crippen molar-refractivity contribution in [1.82, 2.24) is 5.43 Å². The van der Waals surface area contributed by atoms with Gasteiger partial charge in [0.05, 0.1) is 0 Å². The number of rotatable bonds is 8. The molecule has 0 bridgehead atoms. The van der Waals surface area contributed by atoms with Gasteiger partial charge in [0.1, 0.15) is 0 Å². The molecule has 1 rings (SSSR count). The molecule has 2 nitrogen and oxygen atoms in total. The molecule has 0 spiro atoms. The molecule has 108 valence electrons. The number of hydrogen-bond acceptors (Lipinski definition) is 2. The van der Waals surface area contributed by atoms with Gasteiger partial charge in [0.15, 0.2) is 17.5 Å². The molecule has 0 aliphatic rings. The molecule has 0 saturated heterocycles. The Morgan fingerprint density at radius 2 is 1.63 bits per heavy atom. The highest BCUT2D eigenvalue weighted by Gasteiger charge is 2.16. The van der Waals surface area contributed by atoms with Gasteiger partial charge in [0.2, 0.25) is 0 Å². The molecule has 1 atom stereocenters. The second-order valence-corrected chi connectivity index (χ2v) is 4.72. The minimum absolute atomic E-state index is 0.342. The van der Waals surface area contributed by atoms with Crippen LogP contribution in [0.5, 0.6) is 0 Å². The van der Waals surface area contributed by atoms with Crippen LogP contribution < -0.4 is 11.3 Å². The fraction of sp³-hybridized carbons (Fsp3) is 0.571. The van der Waals surface area contributed by atoms with Crippen LogP contribution in [0.1, 0.15) is 57.1 Å². The Hall–Kier alpha value is -1.07. The predicted octanol–water partition coefficient (Wildman–Crippen LogP) is 3.97. The van der Waals surface area contributed by atoms with Gasteiger partial charge in [0, 0.05) is 6.04 Å². The first kappa shape index (κ1) is 16.0. The summed E-state index contributed by atoms with van der Waals surface area (Å²) in [5.74, 6) is 1.59. The maximum atomic E-state index is 13.1. The lowest BCUT2D eigenvalue weighted by molar-refractivity contribution is 0.432. The van der Waals surface area contributed by atoms with Crippen molar-refractivity contribution >= 4 is 0 Å². The molecule has 19 heavy (non-hydrogen) atoms. The second kappa shape index (κ2) is 8.17. The molecule has 3 N–H and O–H groups in total. The van der Waals surface area contributed by atoms with Gasteiger partial charge in [-0.3, -0.25) is 11.3 Å². The van der Waals surface area contributed by atoms with Crippen LogP contribution in [0.15, 0.2) is 12.1 Å². The van der Waals surface area contributed by atoms with Crippen molar-refractivity contribution in [2.24, 2.45) is 5.84 Å². The van der Waals surface area contributed by atoms with E-state index in [1.165, 1.54) is 6.42 Å². The van der Waals surface area contributed by atoms with Crippen molar-refractivity contribution in [3.8, 4) is 0 Å². The first-order valence-corrected chi connectivity index (χ1v) is 6.70. The summed E-state index contributed by atoms with van der Waals surface area (Å²) in [4.78, 5) is 0. The lowest BCUT2D eigenvalue weighted by Gasteiger charge is -2.16. The van der Waals surface area contributed by atoms with Gasteiger partial charge >= 0.3 is 0 Å². The zero-order valence-corrected chi connectivity index (χ0v) is 11.2. The van der Waals surface area contributed by atoms with Gasteiger partial charge in [0.25, 0.3) is 0 Å². The maximum Gasteiger partial charge on any atom is 0.194 e. The molecule has 0 aliphatic carbocycles. The van der Waals surface area contributed by atoms with E-state index < -0.39 is 17.5 Å². The van der Waals surface area contributed by atoms with Crippen LogP contribution in [-0.2, 0) is 0 Å². The highest BCUT2D eigenvalue weighted by Crippen LogP contribution is 2.23. The van der Waals surface area contributed by atoms with Gasteiger partial charge < -0.3 is 0 Å². The average Bonchev–Trinajstić information content (AvgIpc) is 2.39. The van der Waals surface area contributed by atoms with Gasteiger partial charge in [-0.1, -0.05) is 39.0 Å². The van der Waals surface area contributed by atoms with E-state index in [4.69, 9.17) is 5.84 Å². The van der Waals surface area contributed by atoms with Gasteiger partial charge in [-0.25, -0.2) is 13.2 Å². The van der Waals surface area contributed by atoms with E-state index in [2.05, 4.69) is 12.3 Å². The zero-order valence-electron chi connectivity index (χ0n) is 11.2. The Kier molecular flexibility index (Phi) is 6.87. The van der Waals surface area contributed by atoms with E-state index in [1.54, 1.807) is 0 Å². The molecule has 1 aromatic rings. The second-order valence-electron chi connectivity index (χ2n) is 4.72.